The summed E-state index contributed by atoms with van der Waals surface area (Å²) < 4.78 is 13.9. The van der Waals surface area contributed by atoms with E-state index < -0.39 is 0 Å². The van der Waals surface area contributed by atoms with E-state index in [0.717, 1.165) is 42.8 Å². The van der Waals surface area contributed by atoms with Crippen LogP contribution in [0.2, 0.25) is 0 Å². The minimum Gasteiger partial charge on any atom is -0.486 e. The van der Waals surface area contributed by atoms with Gasteiger partial charge in [0.15, 0.2) is 23.6 Å². The highest BCUT2D eigenvalue weighted by Gasteiger charge is 2.21. The van der Waals surface area contributed by atoms with E-state index in [2.05, 4.69) is 32.3 Å². The van der Waals surface area contributed by atoms with Crippen LogP contribution in [0.15, 0.2) is 35.6 Å². The molecule has 156 valence electrons. The zero-order chi connectivity index (χ0) is 19.9. The number of ether oxygens (including phenoxy) is 2. The highest BCUT2D eigenvalue weighted by atomic mass is 16.6. The van der Waals surface area contributed by atoms with Gasteiger partial charge >= 0.3 is 0 Å². The number of rotatable bonds is 7. The summed E-state index contributed by atoms with van der Waals surface area (Å²) in [5.74, 6) is 3.43. The lowest BCUT2D eigenvalue weighted by Crippen LogP contribution is -2.44. The maximum atomic E-state index is 6.04. The molecule has 2 aliphatic rings. The first-order chi connectivity index (χ1) is 14.3. The molecular weight excluding hydrogens is 368 g/mol. The van der Waals surface area contributed by atoms with Gasteiger partial charge < -0.3 is 24.7 Å². The molecular formula is C21H30N6O2. The third-order valence-electron chi connectivity index (χ3n) is 5.37. The van der Waals surface area contributed by atoms with Crippen LogP contribution in [0.25, 0.3) is 0 Å². The van der Waals surface area contributed by atoms with E-state index in [0.29, 0.717) is 19.2 Å². The van der Waals surface area contributed by atoms with Gasteiger partial charge in [-0.2, -0.15) is 0 Å². The molecule has 2 N–H and O–H groups in total. The Labute approximate surface area is 171 Å². The summed E-state index contributed by atoms with van der Waals surface area (Å²) in [7, 11) is 0. The number of aromatic nitrogens is 3. The van der Waals surface area contributed by atoms with Crippen molar-refractivity contribution in [3.8, 4) is 11.5 Å². The Kier molecular flexibility index (Phi) is 6.49. The fourth-order valence-corrected chi connectivity index (χ4v) is 3.80. The molecule has 2 aromatic rings. The Hall–Kier alpha value is -2.77. The van der Waals surface area contributed by atoms with Crippen molar-refractivity contribution >= 4 is 5.96 Å². The minimum absolute atomic E-state index is 0.0865. The Morgan fingerprint density at radius 2 is 2.07 bits per heavy atom. The molecule has 4 rings (SSSR count). The van der Waals surface area contributed by atoms with Crippen LogP contribution in [-0.4, -0.2) is 52.6 Å². The van der Waals surface area contributed by atoms with Gasteiger partial charge in [-0.25, -0.2) is 4.99 Å². The molecule has 2 heterocycles. The second kappa shape index (κ2) is 9.62. The largest absolute Gasteiger partial charge is 0.486 e. The Bertz CT molecular complexity index is 815. The summed E-state index contributed by atoms with van der Waals surface area (Å²) in [6.07, 6.45) is 7.53. The van der Waals surface area contributed by atoms with Crippen LogP contribution >= 0.6 is 0 Å². The van der Waals surface area contributed by atoms with Crippen molar-refractivity contribution in [3.63, 3.8) is 0 Å². The van der Waals surface area contributed by atoms with Crippen molar-refractivity contribution in [1.29, 1.82) is 0 Å². The van der Waals surface area contributed by atoms with Gasteiger partial charge in [0.05, 0.1) is 6.54 Å². The molecule has 1 aliphatic heterocycles. The van der Waals surface area contributed by atoms with E-state index in [1.54, 1.807) is 6.33 Å². The summed E-state index contributed by atoms with van der Waals surface area (Å²) >= 11 is 0. The zero-order valence-corrected chi connectivity index (χ0v) is 17.0. The summed E-state index contributed by atoms with van der Waals surface area (Å²) in [4.78, 5) is 4.79. The van der Waals surface area contributed by atoms with Gasteiger partial charge in [-0.3, -0.25) is 0 Å². The number of benzene rings is 1. The monoisotopic (exact) mass is 398 g/mol. The third kappa shape index (κ3) is 5.19. The summed E-state index contributed by atoms with van der Waals surface area (Å²) in [6, 6.07) is 8.27. The van der Waals surface area contributed by atoms with Crippen LogP contribution in [0, 0.1) is 0 Å². The molecule has 0 amide bonds. The number of aliphatic imine (C=N–C) groups is 1. The molecule has 1 aromatic carbocycles. The van der Waals surface area contributed by atoms with E-state index >= 15 is 0 Å². The van der Waals surface area contributed by atoms with Gasteiger partial charge in [0.2, 0.25) is 0 Å². The van der Waals surface area contributed by atoms with Crippen molar-refractivity contribution in [2.75, 3.05) is 19.7 Å². The van der Waals surface area contributed by atoms with Crippen LogP contribution in [0.3, 0.4) is 0 Å². The SMILES string of the molecule is CCc1nncn1CCNC(=NCC1COc2ccccc2O1)NC1CCCC1. The molecule has 1 unspecified atom stereocenters. The smallest absolute Gasteiger partial charge is 0.191 e. The number of fused-ring (bicyclic) bond motifs is 1. The molecule has 8 heteroatoms. The lowest BCUT2D eigenvalue weighted by atomic mass is 10.2. The number of hydrogen-bond acceptors (Lipinski definition) is 5. The molecule has 29 heavy (non-hydrogen) atoms. The molecule has 0 radical (unpaired) electrons. The Morgan fingerprint density at radius 1 is 1.24 bits per heavy atom. The first kappa shape index (κ1) is 19.5. The predicted octanol–water partition coefficient (Wildman–Crippen LogP) is 2.16. The first-order valence-electron chi connectivity index (χ1n) is 10.6. The number of aryl methyl sites for hydroxylation is 1. The van der Waals surface area contributed by atoms with E-state index in [-0.39, 0.29) is 6.10 Å². The fourth-order valence-electron chi connectivity index (χ4n) is 3.80. The average Bonchev–Trinajstić information content (AvgIpc) is 3.43. The molecule has 8 nitrogen and oxygen atoms in total. The molecule has 1 aliphatic carbocycles. The van der Waals surface area contributed by atoms with Crippen LogP contribution < -0.4 is 20.1 Å². The average molecular weight is 399 g/mol. The first-order valence-corrected chi connectivity index (χ1v) is 10.6. The molecule has 0 spiro atoms. The van der Waals surface area contributed by atoms with Gasteiger partial charge in [-0.05, 0) is 25.0 Å². The number of guanidine groups is 1. The second-order valence-electron chi connectivity index (χ2n) is 7.53. The van der Waals surface area contributed by atoms with Crippen molar-refractivity contribution in [1.82, 2.24) is 25.4 Å². The molecule has 1 fully saturated rings. The predicted molar refractivity (Wildman–Crippen MR) is 111 cm³/mol. The minimum atomic E-state index is -0.0865. The highest BCUT2D eigenvalue weighted by molar-refractivity contribution is 5.80. The van der Waals surface area contributed by atoms with Gasteiger partial charge in [0, 0.05) is 25.6 Å². The van der Waals surface area contributed by atoms with Crippen molar-refractivity contribution in [2.45, 2.75) is 57.7 Å². The highest BCUT2D eigenvalue weighted by Crippen LogP contribution is 2.30. The van der Waals surface area contributed by atoms with Crippen molar-refractivity contribution in [2.24, 2.45) is 4.99 Å². The van der Waals surface area contributed by atoms with E-state index in [9.17, 15) is 0 Å². The standard InChI is InChI=1S/C21H30N6O2/c1-2-20-26-24-15-27(20)12-11-22-21(25-16-7-3-4-8-16)23-13-17-14-28-18-9-5-6-10-19(18)29-17/h5-6,9-10,15-17H,2-4,7-8,11-14H2,1H3,(H2,22,23,25). The summed E-state index contributed by atoms with van der Waals surface area (Å²) in [5.41, 5.74) is 0. The normalized spacial score (nSPS) is 19.3. The van der Waals surface area contributed by atoms with Gasteiger partial charge in [0.1, 0.15) is 18.8 Å². The van der Waals surface area contributed by atoms with E-state index in [4.69, 9.17) is 14.5 Å². The number of hydrogen-bond donors (Lipinski definition) is 2. The topological polar surface area (TPSA) is 85.6 Å². The van der Waals surface area contributed by atoms with Gasteiger partial charge in [0.25, 0.3) is 0 Å². The Morgan fingerprint density at radius 3 is 2.90 bits per heavy atom. The fraction of sp³-hybridized carbons (Fsp3) is 0.571. The van der Waals surface area contributed by atoms with Crippen molar-refractivity contribution < 1.29 is 9.47 Å². The lowest BCUT2D eigenvalue weighted by molar-refractivity contribution is 0.0971. The lowest BCUT2D eigenvalue weighted by Gasteiger charge is -2.26. The number of nitrogens with zero attached hydrogens (tertiary/aromatic N) is 4. The Balaban J connectivity index is 1.34. The van der Waals surface area contributed by atoms with Crippen molar-refractivity contribution in [3.05, 3.63) is 36.4 Å². The van der Waals surface area contributed by atoms with Crippen LogP contribution in [0.1, 0.15) is 38.4 Å². The zero-order valence-electron chi connectivity index (χ0n) is 17.0. The maximum absolute atomic E-state index is 6.04. The number of para-hydroxylation sites is 2. The molecule has 0 saturated heterocycles. The van der Waals surface area contributed by atoms with E-state index in [1.807, 2.05) is 24.3 Å². The third-order valence-corrected chi connectivity index (χ3v) is 5.37. The molecule has 1 atom stereocenters. The van der Waals surface area contributed by atoms with Gasteiger partial charge in [-0.1, -0.05) is 31.9 Å². The second-order valence-corrected chi connectivity index (χ2v) is 7.53. The van der Waals surface area contributed by atoms with E-state index in [1.165, 1.54) is 25.7 Å². The maximum Gasteiger partial charge on any atom is 0.191 e. The molecule has 1 saturated carbocycles. The summed E-state index contributed by atoms with van der Waals surface area (Å²) in [5, 5.41) is 15.2. The molecule has 1 aromatic heterocycles. The molecule has 0 bridgehead atoms. The quantitative estimate of drug-likeness (QED) is 0.549. The van der Waals surface area contributed by atoms with Gasteiger partial charge in [-0.15, -0.1) is 10.2 Å². The van der Waals surface area contributed by atoms with Crippen LogP contribution in [0.4, 0.5) is 0 Å². The number of nitrogens with one attached hydrogen (secondary N) is 2. The van der Waals surface area contributed by atoms with Crippen LogP contribution in [0.5, 0.6) is 11.5 Å². The summed E-state index contributed by atoms with van der Waals surface area (Å²) in [6.45, 7) is 4.71. The van der Waals surface area contributed by atoms with Crippen LogP contribution in [-0.2, 0) is 13.0 Å².